The maximum absolute atomic E-state index is 4.05. The molecule has 0 radical (unpaired) electrons. The Kier molecular flexibility index (Phi) is 13.3. The minimum atomic E-state index is 1.26. The summed E-state index contributed by atoms with van der Waals surface area (Å²) in [6, 6.07) is 4.87. The van der Waals surface area contributed by atoms with Gasteiger partial charge in [0.1, 0.15) is 0 Å². The van der Waals surface area contributed by atoms with Crippen LogP contribution in [0.5, 0.6) is 0 Å². The van der Waals surface area contributed by atoms with Gasteiger partial charge in [-0.2, -0.15) is 0 Å². The van der Waals surface area contributed by atoms with Crippen LogP contribution < -0.4 is 0 Å². The van der Waals surface area contributed by atoms with Gasteiger partial charge in [0.2, 0.25) is 0 Å². The van der Waals surface area contributed by atoms with E-state index < -0.39 is 0 Å². The molecule has 0 fully saturated rings. The maximum atomic E-state index is 4.05. The Balaban J connectivity index is 2.90. The Labute approximate surface area is 164 Å². The van der Waals surface area contributed by atoms with Gasteiger partial charge in [0.15, 0.2) is 0 Å². The van der Waals surface area contributed by atoms with Crippen molar-refractivity contribution in [1.29, 1.82) is 0 Å². The van der Waals surface area contributed by atoms with Crippen molar-refractivity contribution < 1.29 is 0 Å². The van der Waals surface area contributed by atoms with Gasteiger partial charge in [0.25, 0.3) is 0 Å². The van der Waals surface area contributed by atoms with Crippen LogP contribution in [0.1, 0.15) is 120 Å². The summed E-state index contributed by atoms with van der Waals surface area (Å²) in [5.74, 6) is 0. The van der Waals surface area contributed by atoms with E-state index in [4.69, 9.17) is 0 Å². The first-order valence-electron chi connectivity index (χ1n) is 11.5. The van der Waals surface area contributed by atoms with Crippen molar-refractivity contribution in [2.75, 3.05) is 0 Å². The number of hydrogen-bond acceptors (Lipinski definition) is 0. The zero-order chi connectivity index (χ0) is 19.0. The third kappa shape index (κ3) is 9.06. The lowest BCUT2D eigenvalue weighted by molar-refractivity contribution is 0.639. The largest absolute Gasteiger partial charge is 0.0985 e. The highest BCUT2D eigenvalue weighted by Gasteiger charge is 2.10. The first-order chi connectivity index (χ1) is 12.8. The molecule has 148 valence electrons. The van der Waals surface area contributed by atoms with Gasteiger partial charge in [0.05, 0.1) is 0 Å². The van der Waals surface area contributed by atoms with Gasteiger partial charge in [-0.05, 0) is 60.8 Å². The van der Waals surface area contributed by atoms with Crippen LogP contribution in [0.15, 0.2) is 18.7 Å². The summed E-state index contributed by atoms with van der Waals surface area (Å²) >= 11 is 0. The molecular weight excluding hydrogens is 312 g/mol. The highest BCUT2D eigenvalue weighted by atomic mass is 14.2. The van der Waals surface area contributed by atoms with Crippen LogP contribution in [0.3, 0.4) is 0 Å². The Bertz CT molecular complexity index is 450. The fourth-order valence-electron chi connectivity index (χ4n) is 3.92. The number of hydrogen-bond donors (Lipinski definition) is 0. The second-order valence-corrected chi connectivity index (χ2v) is 7.95. The molecule has 1 rings (SSSR count). The van der Waals surface area contributed by atoms with E-state index in [0.29, 0.717) is 0 Å². The van der Waals surface area contributed by atoms with Crippen LogP contribution in [-0.2, 0) is 19.3 Å². The smallest absolute Gasteiger partial charge is 0.0257 e. The summed E-state index contributed by atoms with van der Waals surface area (Å²) in [5.41, 5.74) is 6.28. The summed E-state index contributed by atoms with van der Waals surface area (Å²) < 4.78 is 0. The van der Waals surface area contributed by atoms with E-state index >= 15 is 0 Å². The third-order valence-electron chi connectivity index (χ3n) is 5.57. The van der Waals surface area contributed by atoms with Crippen LogP contribution in [0.2, 0.25) is 0 Å². The van der Waals surface area contributed by atoms with E-state index in [2.05, 4.69) is 39.5 Å². The predicted octanol–water partition coefficient (Wildman–Crippen LogP) is 8.70. The molecule has 0 unspecified atom stereocenters. The summed E-state index contributed by atoms with van der Waals surface area (Å²) in [6.07, 6.45) is 22.1. The van der Waals surface area contributed by atoms with Gasteiger partial charge >= 0.3 is 0 Å². The number of rotatable bonds is 16. The van der Waals surface area contributed by atoms with Gasteiger partial charge in [-0.25, -0.2) is 0 Å². The molecule has 0 aliphatic carbocycles. The highest BCUT2D eigenvalue weighted by Crippen LogP contribution is 2.25. The monoisotopic (exact) mass is 356 g/mol. The Morgan fingerprint density at radius 2 is 1.04 bits per heavy atom. The number of aryl methyl sites for hydroxylation is 2. The molecule has 0 heterocycles. The third-order valence-corrected chi connectivity index (χ3v) is 5.57. The molecular formula is C26H44. The van der Waals surface area contributed by atoms with Crippen molar-refractivity contribution in [2.45, 2.75) is 117 Å². The van der Waals surface area contributed by atoms with Crippen molar-refractivity contribution in [3.05, 3.63) is 41.0 Å². The van der Waals surface area contributed by atoms with E-state index in [1.807, 2.05) is 6.08 Å². The lowest BCUT2D eigenvalue weighted by Crippen LogP contribution is -2.03. The molecule has 0 N–H and O–H groups in total. The minimum absolute atomic E-state index is 1.26. The van der Waals surface area contributed by atoms with Gasteiger partial charge in [-0.3, -0.25) is 0 Å². The molecule has 1 aromatic carbocycles. The van der Waals surface area contributed by atoms with Crippen LogP contribution in [0.25, 0.3) is 6.08 Å². The van der Waals surface area contributed by atoms with Gasteiger partial charge in [-0.1, -0.05) is 103 Å². The molecule has 0 amide bonds. The minimum Gasteiger partial charge on any atom is -0.0985 e. The number of benzene rings is 1. The van der Waals surface area contributed by atoms with Crippen molar-refractivity contribution in [3.63, 3.8) is 0 Å². The number of unbranched alkanes of at least 4 members (excludes halogenated alkanes) is 9. The van der Waals surface area contributed by atoms with E-state index in [0.717, 1.165) is 0 Å². The normalized spacial score (nSPS) is 11.0. The zero-order valence-corrected chi connectivity index (χ0v) is 18.0. The van der Waals surface area contributed by atoms with Crippen molar-refractivity contribution in [2.24, 2.45) is 0 Å². The van der Waals surface area contributed by atoms with E-state index in [9.17, 15) is 0 Å². The maximum Gasteiger partial charge on any atom is -0.0257 e. The fraction of sp³-hybridized carbons (Fsp3) is 0.692. The SMILES string of the molecule is C=Cc1cc(CCCCCC)c(CCCCCC)c(CCCCCC)c1. The van der Waals surface area contributed by atoms with E-state index in [1.165, 1.54) is 102 Å². The Hall–Kier alpha value is -1.04. The van der Waals surface area contributed by atoms with E-state index in [1.54, 1.807) is 16.7 Å². The average Bonchev–Trinajstić information content (AvgIpc) is 2.66. The quantitative estimate of drug-likeness (QED) is 0.260. The van der Waals surface area contributed by atoms with Crippen molar-refractivity contribution in [3.8, 4) is 0 Å². The Morgan fingerprint density at radius 1 is 0.615 bits per heavy atom. The second-order valence-electron chi connectivity index (χ2n) is 7.95. The lowest BCUT2D eigenvalue weighted by atomic mass is 9.88. The molecule has 0 nitrogen and oxygen atoms in total. The molecule has 0 aromatic heterocycles. The fourth-order valence-corrected chi connectivity index (χ4v) is 3.92. The molecule has 0 heteroatoms. The second kappa shape index (κ2) is 15.1. The van der Waals surface area contributed by atoms with Gasteiger partial charge in [0, 0.05) is 0 Å². The summed E-state index contributed by atoms with van der Waals surface area (Å²) in [6.45, 7) is 10.9. The first kappa shape index (κ1) is 23.0. The summed E-state index contributed by atoms with van der Waals surface area (Å²) in [4.78, 5) is 0. The first-order valence-corrected chi connectivity index (χ1v) is 11.5. The molecule has 0 saturated carbocycles. The summed E-state index contributed by atoms with van der Waals surface area (Å²) in [5, 5.41) is 0. The highest BCUT2D eigenvalue weighted by molar-refractivity contribution is 5.53. The summed E-state index contributed by atoms with van der Waals surface area (Å²) in [7, 11) is 0. The molecule has 0 spiro atoms. The topological polar surface area (TPSA) is 0 Å². The molecule has 1 aromatic rings. The van der Waals surface area contributed by atoms with Crippen molar-refractivity contribution >= 4 is 6.08 Å². The van der Waals surface area contributed by atoms with Crippen LogP contribution >= 0.6 is 0 Å². The van der Waals surface area contributed by atoms with Crippen LogP contribution in [0.4, 0.5) is 0 Å². The molecule has 0 bridgehead atoms. The average molecular weight is 357 g/mol. The lowest BCUT2D eigenvalue weighted by Gasteiger charge is -2.17. The van der Waals surface area contributed by atoms with Crippen LogP contribution in [0, 0.1) is 0 Å². The van der Waals surface area contributed by atoms with Gasteiger partial charge < -0.3 is 0 Å². The Morgan fingerprint density at radius 3 is 1.42 bits per heavy atom. The molecule has 26 heavy (non-hydrogen) atoms. The predicted molar refractivity (Wildman–Crippen MR) is 120 cm³/mol. The standard InChI is InChI=1S/C26H44/c1-5-9-12-15-18-24-21-23(8-4)22-25(19-16-13-10-6-2)26(24)20-17-14-11-7-3/h8,21-22H,4-7,9-20H2,1-3H3. The van der Waals surface area contributed by atoms with Gasteiger partial charge in [-0.15, -0.1) is 0 Å². The molecule has 0 aliphatic rings. The van der Waals surface area contributed by atoms with Crippen LogP contribution in [-0.4, -0.2) is 0 Å². The zero-order valence-electron chi connectivity index (χ0n) is 18.0. The molecule has 0 atom stereocenters. The molecule has 0 saturated heterocycles. The van der Waals surface area contributed by atoms with Crippen molar-refractivity contribution in [1.82, 2.24) is 0 Å². The molecule has 0 aliphatic heterocycles. The van der Waals surface area contributed by atoms with E-state index in [-0.39, 0.29) is 0 Å².